The van der Waals surface area contributed by atoms with E-state index in [0.29, 0.717) is 24.9 Å². The van der Waals surface area contributed by atoms with E-state index >= 15 is 0 Å². The summed E-state index contributed by atoms with van der Waals surface area (Å²) in [5.41, 5.74) is 0. The molecule has 2 fully saturated rings. The summed E-state index contributed by atoms with van der Waals surface area (Å²) in [7, 11) is 0. The van der Waals surface area contributed by atoms with Gasteiger partial charge in [0.05, 0.1) is 12.1 Å². The van der Waals surface area contributed by atoms with Crippen molar-refractivity contribution < 1.29 is 9.90 Å². The van der Waals surface area contributed by atoms with Crippen LogP contribution < -0.4 is 10.6 Å². The minimum atomic E-state index is -0.359. The highest BCUT2D eigenvalue weighted by atomic mass is 35.5. The Bertz CT molecular complexity index is 233. The Hall–Kier alpha value is -0.320. The van der Waals surface area contributed by atoms with Crippen LogP contribution in [-0.4, -0.2) is 35.7 Å². The summed E-state index contributed by atoms with van der Waals surface area (Å²) in [5.74, 6) is 0.728. The Labute approximate surface area is 96.2 Å². The van der Waals surface area contributed by atoms with Gasteiger partial charge in [0.2, 0.25) is 5.91 Å². The predicted molar refractivity (Wildman–Crippen MR) is 60.0 cm³/mol. The van der Waals surface area contributed by atoms with Gasteiger partial charge in [-0.05, 0) is 32.1 Å². The molecule has 1 saturated carbocycles. The Balaban J connectivity index is 0.00000112. The molecule has 4 nitrogen and oxygen atoms in total. The number of carbonyl (C=O) groups is 1. The highest BCUT2D eigenvalue weighted by Crippen LogP contribution is 2.32. The van der Waals surface area contributed by atoms with E-state index in [4.69, 9.17) is 0 Å². The van der Waals surface area contributed by atoms with Crippen LogP contribution in [0.15, 0.2) is 0 Å². The van der Waals surface area contributed by atoms with Crippen molar-refractivity contribution in [1.29, 1.82) is 0 Å². The van der Waals surface area contributed by atoms with E-state index in [2.05, 4.69) is 17.6 Å². The van der Waals surface area contributed by atoms with E-state index in [0.717, 1.165) is 0 Å². The second-order valence-corrected chi connectivity index (χ2v) is 4.49. The third kappa shape index (κ3) is 3.33. The van der Waals surface area contributed by atoms with Crippen molar-refractivity contribution in [2.75, 3.05) is 6.54 Å². The maximum Gasteiger partial charge on any atom is 0.237 e. The summed E-state index contributed by atoms with van der Waals surface area (Å²) in [6.45, 7) is 2.59. The Morgan fingerprint density at radius 3 is 2.67 bits per heavy atom. The molecule has 5 heteroatoms. The summed E-state index contributed by atoms with van der Waals surface area (Å²) in [6, 6.07) is 0.105. The minimum Gasteiger partial charge on any atom is -0.392 e. The number of aliphatic hydroxyl groups is 1. The summed E-state index contributed by atoms with van der Waals surface area (Å²) >= 11 is 0. The number of hydrogen-bond donors (Lipinski definition) is 3. The van der Waals surface area contributed by atoms with Crippen molar-refractivity contribution >= 4 is 18.3 Å². The number of nitrogens with one attached hydrogen (secondary N) is 2. The first-order valence-corrected chi connectivity index (χ1v) is 5.38. The van der Waals surface area contributed by atoms with E-state index in [1.807, 2.05) is 0 Å². The molecule has 1 unspecified atom stereocenters. The van der Waals surface area contributed by atoms with Gasteiger partial charge in [-0.2, -0.15) is 0 Å². The van der Waals surface area contributed by atoms with Crippen LogP contribution in [0.25, 0.3) is 0 Å². The van der Waals surface area contributed by atoms with E-state index in [9.17, 15) is 9.90 Å². The van der Waals surface area contributed by atoms with Gasteiger partial charge < -0.3 is 15.7 Å². The van der Waals surface area contributed by atoms with Gasteiger partial charge in [0.15, 0.2) is 0 Å². The molecule has 2 aliphatic rings. The van der Waals surface area contributed by atoms with Crippen molar-refractivity contribution in [1.82, 2.24) is 10.6 Å². The summed E-state index contributed by atoms with van der Waals surface area (Å²) < 4.78 is 0. The minimum absolute atomic E-state index is 0. The van der Waals surface area contributed by atoms with Gasteiger partial charge >= 0.3 is 0 Å². The molecule has 88 valence electrons. The van der Waals surface area contributed by atoms with Crippen LogP contribution >= 0.6 is 12.4 Å². The van der Waals surface area contributed by atoms with Crippen LogP contribution in [0.2, 0.25) is 0 Å². The van der Waals surface area contributed by atoms with Crippen molar-refractivity contribution in [3.05, 3.63) is 0 Å². The molecular weight excluding hydrogens is 216 g/mol. The zero-order valence-corrected chi connectivity index (χ0v) is 9.72. The largest absolute Gasteiger partial charge is 0.392 e. The van der Waals surface area contributed by atoms with E-state index in [1.54, 1.807) is 0 Å². The van der Waals surface area contributed by atoms with E-state index in [1.165, 1.54) is 12.8 Å². The maximum atomic E-state index is 11.6. The standard InChI is InChI=1S/C10H18N2O2.ClH/c1-6(7-2-3-7)12-10(14)9-4-8(13)5-11-9;/h6-9,11,13H,2-5H2,1H3,(H,12,14);1H/t6?,8-,9-;/m1./s1. The summed E-state index contributed by atoms with van der Waals surface area (Å²) in [6.07, 6.45) is 2.66. The molecule has 15 heavy (non-hydrogen) atoms. The lowest BCUT2D eigenvalue weighted by atomic mass is 10.1. The average Bonchev–Trinajstić information content (AvgIpc) is 2.89. The fourth-order valence-corrected chi connectivity index (χ4v) is 1.96. The molecule has 3 atom stereocenters. The van der Waals surface area contributed by atoms with Crippen molar-refractivity contribution in [2.24, 2.45) is 5.92 Å². The van der Waals surface area contributed by atoms with Gasteiger partial charge in [-0.25, -0.2) is 0 Å². The topological polar surface area (TPSA) is 61.4 Å². The van der Waals surface area contributed by atoms with Gasteiger partial charge in [0.1, 0.15) is 0 Å². The molecule has 1 saturated heterocycles. The molecular formula is C10H19ClN2O2. The molecule has 1 aliphatic heterocycles. The second-order valence-electron chi connectivity index (χ2n) is 4.49. The first kappa shape index (κ1) is 12.7. The summed E-state index contributed by atoms with van der Waals surface area (Å²) in [5, 5.41) is 15.3. The van der Waals surface area contributed by atoms with Crippen LogP contribution in [0.4, 0.5) is 0 Å². The molecule has 2 rings (SSSR count). The van der Waals surface area contributed by atoms with Crippen LogP contribution in [-0.2, 0) is 4.79 Å². The summed E-state index contributed by atoms with van der Waals surface area (Å²) in [4.78, 5) is 11.6. The lowest BCUT2D eigenvalue weighted by Gasteiger charge is -2.16. The number of amides is 1. The normalized spacial score (nSPS) is 31.9. The SMILES string of the molecule is CC(NC(=O)[C@H]1C[C@@H](O)CN1)C1CC1.Cl. The quantitative estimate of drug-likeness (QED) is 0.647. The smallest absolute Gasteiger partial charge is 0.237 e. The highest BCUT2D eigenvalue weighted by molar-refractivity contribution is 5.85. The molecule has 1 heterocycles. The lowest BCUT2D eigenvalue weighted by Crippen LogP contribution is -2.44. The monoisotopic (exact) mass is 234 g/mol. The molecule has 0 bridgehead atoms. The van der Waals surface area contributed by atoms with Crippen molar-refractivity contribution in [3.63, 3.8) is 0 Å². The average molecular weight is 235 g/mol. The molecule has 3 N–H and O–H groups in total. The van der Waals surface area contributed by atoms with E-state index in [-0.39, 0.29) is 30.5 Å². The number of β-amino-alcohol motifs (C(OH)–C–C–N with tert-alkyl or cyclic N) is 1. The Kier molecular flexibility index (Phi) is 4.37. The van der Waals surface area contributed by atoms with Gasteiger partial charge in [-0.15, -0.1) is 12.4 Å². The van der Waals surface area contributed by atoms with Crippen LogP contribution in [0.3, 0.4) is 0 Å². The van der Waals surface area contributed by atoms with E-state index < -0.39 is 0 Å². The van der Waals surface area contributed by atoms with Crippen LogP contribution in [0.5, 0.6) is 0 Å². The second kappa shape index (κ2) is 5.14. The van der Waals surface area contributed by atoms with Gasteiger partial charge in [-0.3, -0.25) is 4.79 Å². The number of aliphatic hydroxyl groups excluding tert-OH is 1. The number of carbonyl (C=O) groups excluding carboxylic acids is 1. The van der Waals surface area contributed by atoms with Gasteiger partial charge in [-0.1, -0.05) is 0 Å². The molecule has 0 aromatic carbocycles. The zero-order valence-electron chi connectivity index (χ0n) is 8.90. The Morgan fingerprint density at radius 2 is 2.20 bits per heavy atom. The molecule has 0 aromatic heterocycles. The Morgan fingerprint density at radius 1 is 1.53 bits per heavy atom. The molecule has 0 radical (unpaired) electrons. The molecule has 0 aromatic rings. The lowest BCUT2D eigenvalue weighted by molar-refractivity contribution is -0.123. The third-order valence-corrected chi connectivity index (χ3v) is 3.12. The molecule has 1 amide bonds. The first-order chi connectivity index (χ1) is 6.66. The van der Waals surface area contributed by atoms with Crippen LogP contribution in [0.1, 0.15) is 26.2 Å². The van der Waals surface area contributed by atoms with Gasteiger partial charge in [0.25, 0.3) is 0 Å². The zero-order chi connectivity index (χ0) is 10.1. The molecule has 1 aliphatic carbocycles. The van der Waals surface area contributed by atoms with Crippen LogP contribution in [0, 0.1) is 5.92 Å². The number of halogens is 1. The predicted octanol–water partition coefficient (Wildman–Crippen LogP) is 0.0457. The van der Waals surface area contributed by atoms with Gasteiger partial charge in [0, 0.05) is 12.6 Å². The highest BCUT2D eigenvalue weighted by Gasteiger charge is 2.33. The number of rotatable bonds is 3. The first-order valence-electron chi connectivity index (χ1n) is 5.38. The van der Waals surface area contributed by atoms with Crippen molar-refractivity contribution in [2.45, 2.75) is 44.4 Å². The number of hydrogen-bond acceptors (Lipinski definition) is 3. The third-order valence-electron chi connectivity index (χ3n) is 3.12. The fourth-order valence-electron chi connectivity index (χ4n) is 1.96. The maximum absolute atomic E-state index is 11.6. The fraction of sp³-hybridized carbons (Fsp3) is 0.900. The molecule has 0 spiro atoms. The van der Waals surface area contributed by atoms with Crippen molar-refractivity contribution in [3.8, 4) is 0 Å².